The lowest BCUT2D eigenvalue weighted by atomic mass is 9.90. The first-order valence-corrected chi connectivity index (χ1v) is 39.8. The van der Waals surface area contributed by atoms with Gasteiger partial charge in [-0.05, 0) is 131 Å². The van der Waals surface area contributed by atoms with E-state index in [-0.39, 0.29) is 143 Å². The molecule has 10 amide bonds. The van der Waals surface area contributed by atoms with Crippen molar-refractivity contribution >= 4 is 86.4 Å². The summed E-state index contributed by atoms with van der Waals surface area (Å²) in [6.45, 7) is 8.43. The Kier molecular flexibility index (Phi) is 45.2. The first-order valence-electron chi connectivity index (χ1n) is 39.8. The fraction of sp³-hybridized carbons (Fsp3) is 0.627. The molecule has 636 valence electrons. The molecule has 4 aromatic rings. The molecule has 0 aromatic heterocycles. The Morgan fingerprint density at radius 1 is 0.281 bits per heavy atom. The third-order valence-corrected chi connectivity index (χ3v) is 19.7. The highest BCUT2D eigenvalue weighted by Crippen LogP contribution is 2.24. The first-order chi connectivity index (χ1) is 54.5. The monoisotopic (exact) mass is 1600 g/mol. The Bertz CT molecular complexity index is 3640. The summed E-state index contributed by atoms with van der Waals surface area (Å²) in [4.78, 5) is 178. The number of rotatable bonds is 57. The van der Waals surface area contributed by atoms with Gasteiger partial charge in [0.05, 0.1) is 91.9 Å². The van der Waals surface area contributed by atoms with E-state index in [4.69, 9.17) is 46.6 Å². The molecule has 0 fully saturated rings. The molecule has 4 aromatic carbocycles. The molecule has 0 unspecified atom stereocenters. The van der Waals surface area contributed by atoms with Gasteiger partial charge >= 0.3 is 0 Å². The van der Waals surface area contributed by atoms with Gasteiger partial charge in [0.1, 0.15) is 13.1 Å². The summed E-state index contributed by atoms with van der Waals surface area (Å²) >= 11 is 0. The van der Waals surface area contributed by atoms with Crippen LogP contribution in [-0.4, -0.2) is 350 Å². The Labute approximate surface area is 675 Å². The van der Waals surface area contributed by atoms with E-state index in [1.807, 2.05) is 111 Å². The number of carbonyl (C=O) groups excluding carboxylic acids is 11. The SMILES string of the molecule is COCCN(CC(=O)N(CCCCN)CC(=O)N(CC(=O)N(CCOC)CC(=O)N(CCCCN)CC(=O)N(CC(=O)N(CCCCN)CC(=O)N(CCOC)CC(=O)N(CCOC)CC(=O)C(C)(C)C)Cc1cccc2ccccc12)Cc1cccc2ccccc12)C(=O)CN(CCCCN)C(=O)CN(CCOC)C(C)(C)C. The second-order valence-electron chi connectivity index (χ2n) is 30.5. The van der Waals surface area contributed by atoms with E-state index in [9.17, 15) is 28.8 Å². The minimum atomic E-state index is -0.767. The van der Waals surface area contributed by atoms with Crippen molar-refractivity contribution in [1.29, 1.82) is 0 Å². The smallest absolute Gasteiger partial charge is 0.242 e. The molecule has 0 bridgehead atoms. The molecule has 0 radical (unpaired) electrons. The summed E-state index contributed by atoms with van der Waals surface area (Å²) in [5.41, 5.74) is 24.0. The van der Waals surface area contributed by atoms with E-state index < -0.39 is 116 Å². The number of unbranched alkanes of at least 4 members (excludes halogenated alkanes) is 4. The largest absolute Gasteiger partial charge is 0.383 e. The molecule has 114 heavy (non-hydrogen) atoms. The van der Waals surface area contributed by atoms with Crippen LogP contribution < -0.4 is 22.9 Å². The molecule has 0 heterocycles. The molecule has 0 saturated heterocycles. The highest BCUT2D eigenvalue weighted by molar-refractivity contribution is 5.96. The van der Waals surface area contributed by atoms with Gasteiger partial charge in [0.2, 0.25) is 59.1 Å². The van der Waals surface area contributed by atoms with Gasteiger partial charge in [0, 0.05) is 118 Å². The quantitative estimate of drug-likeness (QED) is 0.0462. The second-order valence-corrected chi connectivity index (χ2v) is 30.5. The normalized spacial score (nSPS) is 11.5. The number of hydrogen-bond acceptors (Lipinski definition) is 21. The standard InChI is InChI=1S/C83H133N15O16/c1-82(2,3)71(99)54-92(42-47-110-7)74(102)59-94(44-49-112-9)75(103)55-88(38-20-16-34-84)77(105)62-96(52-67-30-24-28-65-26-12-14-32-69(65)67)79(107)60-90(40-22-18-36-86)73(101)58-95(45-50-113-10)78(106)63-97(53-68-31-25-29-66-27-13-15-33-70(66)68)80(108)61-89(39-21-17-35-85)72(100)57-93(43-48-111-8)76(104)56-91(41-23-19-37-87)81(109)64-98(46-51-114-11)83(4,5)6/h12-15,24-33H,16-23,34-64,84-87H2,1-11H3. The number of fused-ring (bicyclic) bond motifs is 2. The summed E-state index contributed by atoms with van der Waals surface area (Å²) in [5.74, 6) is -5.96. The van der Waals surface area contributed by atoms with Crippen LogP contribution in [0.15, 0.2) is 84.9 Å². The van der Waals surface area contributed by atoms with Crippen LogP contribution in [0.25, 0.3) is 21.5 Å². The van der Waals surface area contributed by atoms with Crippen molar-refractivity contribution in [3.8, 4) is 0 Å². The number of carbonyl (C=O) groups is 11. The molecule has 0 saturated carbocycles. The number of benzene rings is 4. The van der Waals surface area contributed by atoms with Crippen LogP contribution in [-0.2, 0) is 89.5 Å². The number of methoxy groups -OCH3 is 5. The molecular weight excluding hydrogens is 1460 g/mol. The van der Waals surface area contributed by atoms with Gasteiger partial charge in [0.15, 0.2) is 5.78 Å². The van der Waals surface area contributed by atoms with Crippen molar-refractivity contribution < 1.29 is 76.4 Å². The minimum absolute atomic E-state index is 0.00196. The van der Waals surface area contributed by atoms with Gasteiger partial charge in [-0.25, -0.2) is 0 Å². The van der Waals surface area contributed by atoms with E-state index in [1.54, 1.807) is 27.9 Å². The van der Waals surface area contributed by atoms with Crippen LogP contribution in [0.1, 0.15) is 104 Å². The number of amides is 10. The van der Waals surface area contributed by atoms with Crippen molar-refractivity contribution in [2.75, 3.05) is 226 Å². The van der Waals surface area contributed by atoms with Crippen LogP contribution in [0.2, 0.25) is 0 Å². The van der Waals surface area contributed by atoms with Gasteiger partial charge in [0.25, 0.3) is 0 Å². The number of nitrogens with zero attached hydrogens (tertiary/aromatic N) is 11. The topological polar surface area (TPSA) is 374 Å². The number of ether oxygens (including phenoxy) is 5. The third-order valence-electron chi connectivity index (χ3n) is 19.7. The molecular formula is C83H133N15O16. The van der Waals surface area contributed by atoms with Gasteiger partial charge < -0.3 is 95.6 Å². The lowest BCUT2D eigenvalue weighted by Gasteiger charge is -2.36. The maximum absolute atomic E-state index is 15.5. The van der Waals surface area contributed by atoms with E-state index in [0.717, 1.165) is 21.5 Å². The van der Waals surface area contributed by atoms with E-state index >= 15 is 24.0 Å². The zero-order valence-corrected chi connectivity index (χ0v) is 69.9. The van der Waals surface area contributed by atoms with Crippen LogP contribution in [0.4, 0.5) is 0 Å². The van der Waals surface area contributed by atoms with Crippen LogP contribution in [0, 0.1) is 5.41 Å². The Balaban J connectivity index is 1.76. The highest BCUT2D eigenvalue weighted by atomic mass is 16.5. The van der Waals surface area contributed by atoms with Gasteiger partial charge in [-0.15, -0.1) is 0 Å². The highest BCUT2D eigenvalue weighted by Gasteiger charge is 2.35. The predicted molar refractivity (Wildman–Crippen MR) is 440 cm³/mol. The zero-order valence-electron chi connectivity index (χ0n) is 69.9. The molecule has 0 aliphatic rings. The van der Waals surface area contributed by atoms with E-state index in [2.05, 4.69) is 0 Å². The Hall–Kier alpha value is -8.63. The molecule has 4 rings (SSSR count). The summed E-state index contributed by atoms with van der Waals surface area (Å²) in [7, 11) is 7.40. The van der Waals surface area contributed by atoms with Crippen molar-refractivity contribution in [2.24, 2.45) is 28.3 Å². The summed E-state index contributed by atoms with van der Waals surface area (Å²) in [5, 5.41) is 3.30. The van der Waals surface area contributed by atoms with Crippen LogP contribution >= 0.6 is 0 Å². The summed E-state index contributed by atoms with van der Waals surface area (Å²) in [6, 6.07) is 26.3. The summed E-state index contributed by atoms with van der Waals surface area (Å²) < 4.78 is 27.0. The van der Waals surface area contributed by atoms with Crippen molar-refractivity contribution in [3.05, 3.63) is 96.1 Å². The lowest BCUT2D eigenvalue weighted by Crippen LogP contribution is -2.53. The molecule has 0 spiro atoms. The first kappa shape index (κ1) is 97.7. The number of Topliss-reactive ketones (excluding diaryl/α,β-unsaturated/α-hetero) is 1. The van der Waals surface area contributed by atoms with Crippen molar-refractivity contribution in [2.45, 2.75) is 112 Å². The fourth-order valence-electron chi connectivity index (χ4n) is 12.6. The summed E-state index contributed by atoms with van der Waals surface area (Å²) in [6.07, 6.45) is 3.62. The molecule has 31 heteroatoms. The maximum atomic E-state index is 15.5. The van der Waals surface area contributed by atoms with Gasteiger partial charge in [-0.2, -0.15) is 0 Å². The molecule has 0 atom stereocenters. The Morgan fingerprint density at radius 3 is 0.789 bits per heavy atom. The molecule has 8 N–H and O–H groups in total. The van der Waals surface area contributed by atoms with Crippen LogP contribution in [0.5, 0.6) is 0 Å². The lowest BCUT2D eigenvalue weighted by molar-refractivity contribution is -0.150. The van der Waals surface area contributed by atoms with E-state index in [0.29, 0.717) is 82.2 Å². The van der Waals surface area contributed by atoms with Gasteiger partial charge in [-0.1, -0.05) is 106 Å². The average Bonchev–Trinajstić information content (AvgIpc) is 0.872. The minimum Gasteiger partial charge on any atom is -0.383 e. The third kappa shape index (κ3) is 34.4. The van der Waals surface area contributed by atoms with Gasteiger partial charge in [-0.3, -0.25) is 57.6 Å². The zero-order chi connectivity index (χ0) is 84.2. The van der Waals surface area contributed by atoms with Crippen molar-refractivity contribution in [1.82, 2.24) is 53.9 Å². The number of hydrogen-bond donors (Lipinski definition) is 4. The molecule has 0 aliphatic heterocycles. The predicted octanol–water partition coefficient (Wildman–Crippen LogP) is 2.88. The van der Waals surface area contributed by atoms with Crippen LogP contribution in [0.3, 0.4) is 0 Å². The fourth-order valence-corrected chi connectivity index (χ4v) is 12.6. The molecule has 0 aliphatic carbocycles. The number of ketones is 1. The van der Waals surface area contributed by atoms with E-state index in [1.165, 1.54) is 77.4 Å². The Morgan fingerprint density at radius 2 is 0.518 bits per heavy atom. The van der Waals surface area contributed by atoms with Crippen molar-refractivity contribution in [3.63, 3.8) is 0 Å². The second kappa shape index (κ2) is 52.8. The number of nitrogens with two attached hydrogens (primary N) is 4. The maximum Gasteiger partial charge on any atom is 0.242 e. The molecule has 31 nitrogen and oxygen atoms in total. The average molecular weight is 1600 g/mol.